The number of aliphatic hydroxyl groups excluding tert-OH is 1. The molecular formula is C24H36O5. The Morgan fingerprint density at radius 2 is 2.52 bits per heavy atom. The average Bonchev–Trinajstić information content (AvgIpc) is 2.92. The summed E-state index contributed by atoms with van der Waals surface area (Å²) in [6, 6.07) is -3.02. The minimum absolute atomic E-state index is 0.286. The van der Waals surface area contributed by atoms with Crippen molar-refractivity contribution in [3.05, 3.63) is 23.7 Å². The van der Waals surface area contributed by atoms with Crippen LogP contribution in [0.5, 0.6) is 0 Å². The molecule has 1 saturated heterocycles. The number of esters is 2. The summed E-state index contributed by atoms with van der Waals surface area (Å²) < 4.78 is 166. The van der Waals surface area contributed by atoms with Crippen LogP contribution in [0.1, 0.15) is 90.6 Å². The van der Waals surface area contributed by atoms with E-state index < -0.39 is 116 Å². The smallest absolute Gasteiger partial charge is 0.308 e. The normalized spacial score (nSPS) is 59.4. The summed E-state index contributed by atoms with van der Waals surface area (Å²) in [7, 11) is 0. The van der Waals surface area contributed by atoms with E-state index in [0.29, 0.717) is 6.92 Å². The first kappa shape index (κ1) is 8.14. The number of hydrogen-bond donors (Lipinski definition) is 1. The summed E-state index contributed by atoms with van der Waals surface area (Å²) in [6.45, 7) is -5.63. The van der Waals surface area contributed by atoms with E-state index in [1.807, 2.05) is 0 Å². The van der Waals surface area contributed by atoms with E-state index in [0.717, 1.165) is 6.92 Å². The predicted molar refractivity (Wildman–Crippen MR) is 111 cm³/mol. The topological polar surface area (TPSA) is 72.8 Å². The second kappa shape index (κ2) is 9.46. The van der Waals surface area contributed by atoms with Crippen molar-refractivity contribution in [2.24, 2.45) is 29.5 Å². The molecule has 0 amide bonds. The number of rotatable bonds is 7. The average molecular weight is 424 g/mol. The summed E-state index contributed by atoms with van der Waals surface area (Å²) in [4.78, 5) is 25.9. The zero-order valence-corrected chi connectivity index (χ0v) is 16.0. The van der Waals surface area contributed by atoms with E-state index in [-0.39, 0.29) is 19.3 Å². The van der Waals surface area contributed by atoms with Gasteiger partial charge in [0.25, 0.3) is 0 Å². The zero-order valence-electron chi connectivity index (χ0n) is 35.0. The molecule has 1 fully saturated rings. The van der Waals surface area contributed by atoms with Gasteiger partial charge in [-0.2, -0.15) is 0 Å². The van der Waals surface area contributed by atoms with Gasteiger partial charge in [-0.25, -0.2) is 0 Å². The number of ether oxygens (including phenoxy) is 2. The van der Waals surface area contributed by atoms with Crippen molar-refractivity contribution in [1.82, 2.24) is 0 Å². The lowest BCUT2D eigenvalue weighted by Crippen LogP contribution is -2.42. The molecular weight excluding hydrogens is 368 g/mol. The molecule has 0 aromatic rings. The highest BCUT2D eigenvalue weighted by atomic mass is 16.5. The number of hydrogen-bond acceptors (Lipinski definition) is 5. The highest BCUT2D eigenvalue weighted by Crippen LogP contribution is 2.45. The van der Waals surface area contributed by atoms with Crippen molar-refractivity contribution in [3.8, 4) is 0 Å². The Kier molecular flexibility index (Phi) is 2.66. The molecule has 0 aromatic heterocycles. The lowest BCUT2D eigenvalue weighted by atomic mass is 9.65. The molecule has 5 nitrogen and oxygen atoms in total. The Hall–Kier alpha value is -1.62. The first-order valence-corrected chi connectivity index (χ1v) is 9.23. The molecule has 3 aliphatic rings. The second-order valence-corrected chi connectivity index (χ2v) is 7.17. The SMILES string of the molecule is [2H]O[C@@H]1CC(CC[C@@H]2[C@@H]3C(=C([2H])[C@]([2H])(C([2H])([2H])[2H])C([2H])([2H])C3OC(=O)[C@@]([2H])(C)C([2H])([2H])C([2H])([2H])[2H])C([2H])=C([2H])[C@]2([2H])C)OC(=O)C1([2H])[2H]. The van der Waals surface area contributed by atoms with Gasteiger partial charge in [-0.1, -0.05) is 45.7 Å². The van der Waals surface area contributed by atoms with Crippen LogP contribution in [0.15, 0.2) is 23.7 Å². The van der Waals surface area contributed by atoms with Gasteiger partial charge >= 0.3 is 11.9 Å². The van der Waals surface area contributed by atoms with E-state index >= 15 is 0 Å². The maximum Gasteiger partial charge on any atom is 0.308 e. The molecule has 29 heavy (non-hydrogen) atoms. The summed E-state index contributed by atoms with van der Waals surface area (Å²) >= 11 is 0. The van der Waals surface area contributed by atoms with Gasteiger partial charge in [0.1, 0.15) is 12.2 Å². The van der Waals surface area contributed by atoms with Gasteiger partial charge in [0.05, 0.1) is 22.5 Å². The third kappa shape index (κ3) is 5.30. The Bertz CT molecular complexity index is 1380. The van der Waals surface area contributed by atoms with Crippen LogP contribution in [0.4, 0.5) is 0 Å². The molecule has 1 N–H and O–H groups in total. The fourth-order valence-corrected chi connectivity index (χ4v) is 3.65. The van der Waals surface area contributed by atoms with Crippen molar-refractivity contribution < 1.29 is 48.8 Å². The van der Waals surface area contributed by atoms with Crippen LogP contribution in [0, 0.1) is 29.5 Å². The molecule has 2 aliphatic carbocycles. The van der Waals surface area contributed by atoms with Crippen LogP contribution >= 0.6 is 0 Å². The van der Waals surface area contributed by atoms with Crippen molar-refractivity contribution >= 4 is 11.9 Å². The molecule has 0 aromatic carbocycles. The fraction of sp³-hybridized carbons (Fsp3) is 0.750. The van der Waals surface area contributed by atoms with Crippen LogP contribution in [0.2, 0.25) is 0 Å². The van der Waals surface area contributed by atoms with Crippen LogP contribution in [-0.4, -0.2) is 36.8 Å². The molecule has 2 unspecified atom stereocenters. The molecule has 0 bridgehead atoms. The van der Waals surface area contributed by atoms with E-state index in [2.05, 4.69) is 5.11 Å². The molecule has 1 heterocycles. The highest BCUT2D eigenvalue weighted by molar-refractivity contribution is 5.72. The zero-order chi connectivity index (χ0) is 37.6. The van der Waals surface area contributed by atoms with Gasteiger partial charge in [-0.05, 0) is 48.9 Å². The van der Waals surface area contributed by atoms with Crippen molar-refractivity contribution in [2.75, 3.05) is 0 Å². The Morgan fingerprint density at radius 1 is 1.66 bits per heavy atom. The van der Waals surface area contributed by atoms with E-state index in [9.17, 15) is 9.59 Å². The predicted octanol–water partition coefficient (Wildman–Crippen LogP) is 4.20. The van der Waals surface area contributed by atoms with Gasteiger partial charge in [-0.15, -0.1) is 0 Å². The number of carbonyl (C=O) groups excluding carboxylic acids is 2. The molecule has 0 radical (unpaired) electrons. The van der Waals surface area contributed by atoms with Gasteiger partial charge in [-0.3, -0.25) is 9.59 Å². The standard InChI is InChI=1S/C24H36O5/c1-5-15(3)24(27)29-21-11-14(2)10-17-7-6-16(4)20(23(17)21)9-8-19-12-18(25)13-22(26)28-19/h6-7,10,14-16,18-21,23,25H,5,8-9,11-13H2,1-4H3/t14-,15-,16-,18+,19?,20-,21?,23-/m0/s1/i1D3,2D3,5D2,6D,7D,10D,11D2,13D2,14D,15D,16D,25D. The number of cyclic esters (lactones) is 1. The highest BCUT2D eigenvalue weighted by Gasteiger charge is 2.42. The number of fused-ring (bicyclic) bond motifs is 1. The maximum absolute atomic E-state index is 13.5. The van der Waals surface area contributed by atoms with Gasteiger partial charge in [0.2, 0.25) is 1.43 Å². The lowest BCUT2D eigenvalue weighted by Gasteiger charge is -2.43. The Balaban J connectivity index is 2.26. The lowest BCUT2D eigenvalue weighted by molar-refractivity contribution is -0.162. The molecule has 3 rings (SSSR count). The molecule has 162 valence electrons. The number of carbonyl (C=O) groups is 2. The summed E-state index contributed by atoms with van der Waals surface area (Å²) in [6.07, 6.45) is -16.3. The van der Waals surface area contributed by atoms with Gasteiger partial charge in [0.15, 0.2) is 0 Å². The molecule has 8 atom stereocenters. The van der Waals surface area contributed by atoms with Crippen molar-refractivity contribution in [1.29, 1.82) is 1.43 Å². The van der Waals surface area contributed by atoms with E-state index in [1.54, 1.807) is 0 Å². The van der Waals surface area contributed by atoms with E-state index in [1.165, 1.54) is 0 Å². The van der Waals surface area contributed by atoms with Crippen molar-refractivity contribution in [3.63, 3.8) is 0 Å². The monoisotopic (exact) mass is 423 g/mol. The van der Waals surface area contributed by atoms with Crippen LogP contribution in [0.25, 0.3) is 0 Å². The maximum atomic E-state index is 13.5. The Labute approximate surface area is 201 Å². The number of aliphatic hydroxyl groups is 1. The first-order valence-electron chi connectivity index (χ1n) is 18.6. The number of allylic oxidation sites excluding steroid dienone is 3. The largest absolute Gasteiger partial charge is 0.462 e. The third-order valence-electron chi connectivity index (χ3n) is 5.15. The summed E-state index contributed by atoms with van der Waals surface area (Å²) in [5.74, 6) is -15.9. The first-order chi connectivity index (χ1) is 21.3. The fourth-order valence-electron chi connectivity index (χ4n) is 3.65. The van der Waals surface area contributed by atoms with Crippen molar-refractivity contribution in [2.45, 2.75) is 84.2 Å². The van der Waals surface area contributed by atoms with Crippen LogP contribution in [0.3, 0.4) is 0 Å². The summed E-state index contributed by atoms with van der Waals surface area (Å²) in [5, 5.41) is 4.37. The van der Waals surface area contributed by atoms with E-state index in [4.69, 9.17) is 35.6 Å². The molecule has 0 saturated carbocycles. The van der Waals surface area contributed by atoms with Crippen LogP contribution in [-0.2, 0) is 19.1 Å². The molecule has 5 heteroatoms. The second-order valence-electron chi connectivity index (χ2n) is 7.17. The molecule has 0 spiro atoms. The quantitative estimate of drug-likeness (QED) is 0.622. The third-order valence-corrected chi connectivity index (χ3v) is 5.15. The summed E-state index contributed by atoms with van der Waals surface area (Å²) in [5.41, 5.74) is -0.747. The minimum Gasteiger partial charge on any atom is -0.462 e. The van der Waals surface area contributed by atoms with Gasteiger partial charge < -0.3 is 14.6 Å². The minimum atomic E-state index is -3.70. The molecule has 1 aliphatic heterocycles. The van der Waals surface area contributed by atoms with Crippen LogP contribution < -0.4 is 0 Å². The Morgan fingerprint density at radius 3 is 3.28 bits per heavy atom. The van der Waals surface area contributed by atoms with Gasteiger partial charge in [0, 0.05) is 32.9 Å².